The topological polar surface area (TPSA) is 61.4 Å². The second-order valence-corrected chi connectivity index (χ2v) is 7.83. The van der Waals surface area contributed by atoms with Gasteiger partial charge < -0.3 is 15.5 Å². The minimum atomic E-state index is -0.267. The van der Waals surface area contributed by atoms with E-state index in [9.17, 15) is 9.59 Å². The molecule has 2 aliphatic carbocycles. The highest BCUT2D eigenvalue weighted by atomic mass is 16.2. The molecular weight excluding hydrogens is 302 g/mol. The number of nitrogens with zero attached hydrogens (tertiary/aromatic N) is 1. The fourth-order valence-corrected chi connectivity index (χ4v) is 4.51. The van der Waals surface area contributed by atoms with Crippen molar-refractivity contribution < 1.29 is 9.59 Å². The lowest BCUT2D eigenvalue weighted by molar-refractivity contribution is -0.125. The maximum Gasteiger partial charge on any atom is 0.318 e. The summed E-state index contributed by atoms with van der Waals surface area (Å²) in [7, 11) is 0. The SMILES string of the molecule is O=C(NC1CCCCCC1)[C@H]1CCCN1C(=O)NC1CCCCC1. The fraction of sp³-hybridized carbons (Fsp3) is 0.895. The summed E-state index contributed by atoms with van der Waals surface area (Å²) in [5.41, 5.74) is 0. The second-order valence-electron chi connectivity index (χ2n) is 7.83. The van der Waals surface area contributed by atoms with Gasteiger partial charge in [-0.05, 0) is 38.5 Å². The summed E-state index contributed by atoms with van der Waals surface area (Å²) in [5, 5.41) is 6.39. The van der Waals surface area contributed by atoms with Crippen LogP contribution >= 0.6 is 0 Å². The average molecular weight is 335 g/mol. The Bertz CT molecular complexity index is 426. The molecule has 1 aliphatic heterocycles. The molecule has 24 heavy (non-hydrogen) atoms. The Kier molecular flexibility index (Phi) is 6.38. The highest BCUT2D eigenvalue weighted by Gasteiger charge is 2.35. The third-order valence-corrected chi connectivity index (χ3v) is 5.95. The lowest BCUT2D eigenvalue weighted by Gasteiger charge is -2.29. The van der Waals surface area contributed by atoms with Crippen molar-refractivity contribution in [3.05, 3.63) is 0 Å². The van der Waals surface area contributed by atoms with Crippen molar-refractivity contribution in [1.82, 2.24) is 15.5 Å². The highest BCUT2D eigenvalue weighted by molar-refractivity contribution is 5.87. The van der Waals surface area contributed by atoms with E-state index in [1.165, 1.54) is 44.9 Å². The number of hydrogen-bond donors (Lipinski definition) is 2. The van der Waals surface area contributed by atoms with Crippen molar-refractivity contribution in [2.24, 2.45) is 0 Å². The number of carbonyl (C=O) groups excluding carboxylic acids is 2. The van der Waals surface area contributed by atoms with Gasteiger partial charge in [0.15, 0.2) is 0 Å². The van der Waals surface area contributed by atoms with E-state index in [2.05, 4.69) is 10.6 Å². The van der Waals surface area contributed by atoms with Crippen LogP contribution in [0.5, 0.6) is 0 Å². The largest absolute Gasteiger partial charge is 0.352 e. The van der Waals surface area contributed by atoms with Gasteiger partial charge in [-0.1, -0.05) is 44.9 Å². The third-order valence-electron chi connectivity index (χ3n) is 5.95. The zero-order chi connectivity index (χ0) is 16.8. The van der Waals surface area contributed by atoms with Crippen LogP contribution in [0, 0.1) is 0 Å². The van der Waals surface area contributed by atoms with E-state index in [4.69, 9.17) is 0 Å². The number of likely N-dealkylation sites (tertiary alicyclic amines) is 1. The van der Waals surface area contributed by atoms with Gasteiger partial charge in [0.25, 0.3) is 0 Å². The first-order valence-electron chi connectivity index (χ1n) is 10.1. The quantitative estimate of drug-likeness (QED) is 0.777. The zero-order valence-electron chi connectivity index (χ0n) is 14.9. The van der Waals surface area contributed by atoms with Crippen molar-refractivity contribution in [2.75, 3.05) is 6.54 Å². The van der Waals surface area contributed by atoms with Crippen LogP contribution in [0.15, 0.2) is 0 Å². The van der Waals surface area contributed by atoms with Crippen LogP contribution < -0.4 is 10.6 Å². The Balaban J connectivity index is 1.51. The van der Waals surface area contributed by atoms with Crippen LogP contribution in [0.4, 0.5) is 4.79 Å². The van der Waals surface area contributed by atoms with E-state index in [-0.39, 0.29) is 18.0 Å². The Labute approximate surface area is 145 Å². The van der Waals surface area contributed by atoms with Gasteiger partial charge in [-0.15, -0.1) is 0 Å². The van der Waals surface area contributed by atoms with Gasteiger partial charge in [-0.3, -0.25) is 4.79 Å². The Hall–Kier alpha value is -1.26. The van der Waals surface area contributed by atoms with Crippen molar-refractivity contribution in [1.29, 1.82) is 0 Å². The van der Waals surface area contributed by atoms with Gasteiger partial charge in [-0.25, -0.2) is 4.79 Å². The maximum absolute atomic E-state index is 12.7. The molecule has 3 aliphatic rings. The molecule has 3 rings (SSSR count). The molecule has 0 spiro atoms. The van der Waals surface area contributed by atoms with E-state index in [0.717, 1.165) is 38.5 Å². The van der Waals surface area contributed by atoms with E-state index >= 15 is 0 Å². The second kappa shape index (κ2) is 8.72. The predicted octanol–water partition coefficient (Wildman–Crippen LogP) is 3.33. The smallest absolute Gasteiger partial charge is 0.318 e. The van der Waals surface area contributed by atoms with Gasteiger partial charge in [0.05, 0.1) is 0 Å². The van der Waals surface area contributed by atoms with E-state index < -0.39 is 0 Å². The van der Waals surface area contributed by atoms with Crippen molar-refractivity contribution in [2.45, 2.75) is 102 Å². The van der Waals surface area contributed by atoms with Crippen molar-refractivity contribution >= 4 is 11.9 Å². The highest BCUT2D eigenvalue weighted by Crippen LogP contribution is 2.22. The van der Waals surface area contributed by atoms with Crippen LogP contribution in [0.25, 0.3) is 0 Å². The summed E-state index contributed by atoms with van der Waals surface area (Å²) < 4.78 is 0. The molecule has 136 valence electrons. The lowest BCUT2D eigenvalue weighted by Crippen LogP contribution is -2.53. The molecule has 3 amide bonds. The number of amides is 3. The molecule has 0 aromatic rings. The number of urea groups is 1. The summed E-state index contributed by atoms with van der Waals surface area (Å²) in [5.74, 6) is 0.0678. The molecule has 1 atom stereocenters. The van der Waals surface area contributed by atoms with Crippen molar-refractivity contribution in [3.8, 4) is 0 Å². The fourth-order valence-electron chi connectivity index (χ4n) is 4.51. The molecule has 0 bridgehead atoms. The zero-order valence-corrected chi connectivity index (χ0v) is 14.9. The van der Waals surface area contributed by atoms with E-state index in [0.29, 0.717) is 18.6 Å². The molecule has 1 saturated heterocycles. The summed E-state index contributed by atoms with van der Waals surface area (Å²) in [6.07, 6.45) is 14.8. The average Bonchev–Trinajstić information content (AvgIpc) is 2.95. The van der Waals surface area contributed by atoms with Crippen LogP contribution in [0.1, 0.15) is 83.5 Å². The molecule has 1 heterocycles. The summed E-state index contributed by atoms with van der Waals surface area (Å²) in [4.78, 5) is 27.1. The first-order valence-corrected chi connectivity index (χ1v) is 10.1. The van der Waals surface area contributed by atoms with E-state index in [1.54, 1.807) is 4.90 Å². The van der Waals surface area contributed by atoms with Gasteiger partial charge in [0, 0.05) is 18.6 Å². The molecule has 5 heteroatoms. The Morgan fingerprint density at radius 2 is 1.21 bits per heavy atom. The minimum absolute atomic E-state index is 0.0274. The lowest BCUT2D eigenvalue weighted by atomic mass is 9.96. The Morgan fingerprint density at radius 1 is 0.667 bits per heavy atom. The molecule has 0 unspecified atom stereocenters. The van der Waals surface area contributed by atoms with Crippen LogP contribution in [0.2, 0.25) is 0 Å². The summed E-state index contributed by atoms with van der Waals surface area (Å²) >= 11 is 0. The molecule has 0 radical (unpaired) electrons. The molecule has 0 aromatic carbocycles. The summed E-state index contributed by atoms with van der Waals surface area (Å²) in [6, 6.07) is 0.318. The van der Waals surface area contributed by atoms with Crippen LogP contribution in [-0.4, -0.2) is 41.5 Å². The van der Waals surface area contributed by atoms with Gasteiger partial charge in [0.2, 0.25) is 5.91 Å². The number of rotatable bonds is 3. The molecule has 3 fully saturated rings. The molecular formula is C19H33N3O2. The van der Waals surface area contributed by atoms with Gasteiger partial charge in [-0.2, -0.15) is 0 Å². The minimum Gasteiger partial charge on any atom is -0.352 e. The monoisotopic (exact) mass is 335 g/mol. The molecule has 2 N–H and O–H groups in total. The van der Waals surface area contributed by atoms with Gasteiger partial charge >= 0.3 is 6.03 Å². The van der Waals surface area contributed by atoms with Crippen LogP contribution in [0.3, 0.4) is 0 Å². The maximum atomic E-state index is 12.7. The summed E-state index contributed by atoms with van der Waals surface area (Å²) in [6.45, 7) is 0.710. The number of hydrogen-bond acceptors (Lipinski definition) is 2. The number of nitrogens with one attached hydrogen (secondary N) is 2. The van der Waals surface area contributed by atoms with Crippen molar-refractivity contribution in [3.63, 3.8) is 0 Å². The first-order chi connectivity index (χ1) is 11.7. The third kappa shape index (κ3) is 4.64. The predicted molar refractivity (Wildman–Crippen MR) is 94.8 cm³/mol. The first kappa shape index (κ1) is 17.6. The standard InChI is InChI=1S/C19H33N3O2/c23-18(20-15-9-4-1-2-5-10-15)17-13-8-14-22(17)19(24)21-16-11-6-3-7-12-16/h15-17H,1-14H2,(H,20,23)(H,21,24)/t17-/m1/s1. The number of carbonyl (C=O) groups is 2. The molecule has 2 saturated carbocycles. The normalized spacial score (nSPS) is 26.8. The van der Waals surface area contributed by atoms with E-state index in [1.807, 2.05) is 0 Å². The van der Waals surface area contributed by atoms with Crippen LogP contribution in [-0.2, 0) is 4.79 Å². The van der Waals surface area contributed by atoms with Gasteiger partial charge in [0.1, 0.15) is 6.04 Å². The molecule has 0 aromatic heterocycles. The molecule has 5 nitrogen and oxygen atoms in total. The Morgan fingerprint density at radius 3 is 1.83 bits per heavy atom.